The van der Waals surface area contributed by atoms with E-state index in [4.69, 9.17) is 0 Å². The molecule has 0 radical (unpaired) electrons. The van der Waals surface area contributed by atoms with Crippen molar-refractivity contribution in [2.24, 2.45) is 5.92 Å². The molecule has 180 valence electrons. The largest absolute Gasteiger partial charge is 0.326 e. The zero-order valence-corrected chi connectivity index (χ0v) is 19.8. The minimum absolute atomic E-state index is 0.0781. The molecule has 3 aliphatic rings. The fraction of sp³-hybridized carbons (Fsp3) is 0.407. The van der Waals surface area contributed by atoms with Gasteiger partial charge in [0.15, 0.2) is 0 Å². The van der Waals surface area contributed by atoms with E-state index in [2.05, 4.69) is 11.4 Å². The number of carbonyl (C=O) groups excluding carboxylic acids is 3. The first-order valence-corrected chi connectivity index (χ1v) is 12.0. The molecular weight excluding hydrogens is 447 g/mol. The van der Waals surface area contributed by atoms with Crippen LogP contribution < -0.4 is 5.32 Å². The number of carbonyl (C=O) groups is 3. The normalized spacial score (nSPS) is 23.8. The summed E-state index contributed by atoms with van der Waals surface area (Å²) >= 11 is 0. The molecule has 0 bridgehead atoms. The van der Waals surface area contributed by atoms with Crippen LogP contribution in [0.2, 0.25) is 0 Å². The molecule has 1 fully saturated rings. The zero-order valence-electron chi connectivity index (χ0n) is 19.8. The van der Waals surface area contributed by atoms with Crippen LogP contribution in [0.25, 0.3) is 0 Å². The number of likely N-dealkylation sites (tertiary alicyclic amines) is 1. The molecule has 1 unspecified atom stereocenters. The van der Waals surface area contributed by atoms with Crippen LogP contribution >= 0.6 is 0 Å². The highest BCUT2D eigenvalue weighted by Crippen LogP contribution is 2.46. The van der Waals surface area contributed by atoms with Crippen LogP contribution in [0, 0.1) is 23.1 Å². The van der Waals surface area contributed by atoms with E-state index in [9.17, 15) is 24.0 Å². The Kier molecular flexibility index (Phi) is 5.59. The highest BCUT2D eigenvalue weighted by Gasteiger charge is 2.56. The number of amides is 3. The molecule has 3 amide bonds. The highest BCUT2D eigenvalue weighted by atomic mass is 19.1. The molecular formula is C27H27FN4O3. The molecule has 3 heterocycles. The van der Waals surface area contributed by atoms with Crippen molar-refractivity contribution in [1.29, 1.82) is 5.26 Å². The number of nitrogens with one attached hydrogen (secondary N) is 1. The second-order valence-corrected chi connectivity index (χ2v) is 10.1. The number of hydrogen-bond donors (Lipinski definition) is 1. The van der Waals surface area contributed by atoms with Crippen molar-refractivity contribution < 1.29 is 18.8 Å². The summed E-state index contributed by atoms with van der Waals surface area (Å²) in [5, 5.41) is 12.8. The smallest absolute Gasteiger partial charge is 0.254 e. The highest BCUT2D eigenvalue weighted by molar-refractivity contribution is 6.07. The molecule has 0 aliphatic carbocycles. The molecule has 0 aromatic heterocycles. The summed E-state index contributed by atoms with van der Waals surface area (Å²) in [5.41, 5.74) is 1.54. The SMILES string of the molecule is CC(C)C[C@@H](C(=O)N1C[C@]2(CC1C#N)C(=O)Nc1ccccc12)N1CCc2ccc(F)cc2C1=O. The van der Waals surface area contributed by atoms with Gasteiger partial charge in [-0.25, -0.2) is 4.39 Å². The molecule has 1 spiro atoms. The summed E-state index contributed by atoms with van der Waals surface area (Å²) in [6, 6.07) is 12.2. The Hall–Kier alpha value is -3.73. The van der Waals surface area contributed by atoms with Crippen LogP contribution in [0.5, 0.6) is 0 Å². The van der Waals surface area contributed by atoms with E-state index in [1.54, 1.807) is 6.07 Å². The molecule has 5 rings (SSSR count). The average Bonchev–Trinajstić information content (AvgIpc) is 3.36. The van der Waals surface area contributed by atoms with Gasteiger partial charge < -0.3 is 15.1 Å². The Morgan fingerprint density at radius 1 is 1.26 bits per heavy atom. The monoisotopic (exact) mass is 474 g/mol. The third kappa shape index (κ3) is 3.66. The van der Waals surface area contributed by atoms with Crippen LogP contribution in [0.1, 0.15) is 48.2 Å². The molecule has 0 saturated carbocycles. The van der Waals surface area contributed by atoms with Gasteiger partial charge in [0.1, 0.15) is 17.9 Å². The van der Waals surface area contributed by atoms with E-state index < -0.39 is 23.3 Å². The van der Waals surface area contributed by atoms with Gasteiger partial charge in [0, 0.05) is 30.8 Å². The molecule has 3 aliphatic heterocycles. The van der Waals surface area contributed by atoms with Gasteiger partial charge in [-0.3, -0.25) is 14.4 Å². The Morgan fingerprint density at radius 2 is 2.03 bits per heavy atom. The van der Waals surface area contributed by atoms with Gasteiger partial charge in [-0.2, -0.15) is 5.26 Å². The number of para-hydroxylation sites is 1. The zero-order chi connectivity index (χ0) is 24.9. The maximum atomic E-state index is 14.0. The summed E-state index contributed by atoms with van der Waals surface area (Å²) in [5.74, 6) is -1.34. The van der Waals surface area contributed by atoms with Crippen LogP contribution in [-0.2, 0) is 21.4 Å². The van der Waals surface area contributed by atoms with Crippen molar-refractivity contribution in [3.63, 3.8) is 0 Å². The maximum Gasteiger partial charge on any atom is 0.254 e. The number of anilines is 1. The number of halogens is 1. The third-order valence-electron chi connectivity index (χ3n) is 7.46. The Labute approximate surface area is 203 Å². The minimum atomic E-state index is -0.989. The Morgan fingerprint density at radius 3 is 2.77 bits per heavy atom. The summed E-state index contributed by atoms with van der Waals surface area (Å²) in [7, 11) is 0. The number of benzene rings is 2. The molecule has 35 heavy (non-hydrogen) atoms. The second kappa shape index (κ2) is 8.49. The van der Waals surface area contributed by atoms with E-state index in [1.165, 1.54) is 21.9 Å². The lowest BCUT2D eigenvalue weighted by molar-refractivity contribution is -0.137. The first-order valence-electron chi connectivity index (χ1n) is 12.0. The number of fused-ring (bicyclic) bond motifs is 3. The molecule has 3 atom stereocenters. The molecule has 2 aromatic rings. The number of nitrogens with zero attached hydrogens (tertiary/aromatic N) is 3. The van der Waals surface area contributed by atoms with Gasteiger partial charge in [0.25, 0.3) is 5.91 Å². The summed E-state index contributed by atoms with van der Waals surface area (Å²) < 4.78 is 13.9. The van der Waals surface area contributed by atoms with E-state index >= 15 is 0 Å². The van der Waals surface area contributed by atoms with Gasteiger partial charge in [-0.1, -0.05) is 38.1 Å². The predicted octanol–water partition coefficient (Wildman–Crippen LogP) is 3.25. The van der Waals surface area contributed by atoms with Crippen molar-refractivity contribution in [3.05, 3.63) is 65.0 Å². The van der Waals surface area contributed by atoms with Crippen LogP contribution in [-0.4, -0.2) is 52.7 Å². The average molecular weight is 475 g/mol. The molecule has 2 aromatic carbocycles. The summed E-state index contributed by atoms with van der Waals surface area (Å²) in [6.07, 6.45) is 1.12. The third-order valence-corrected chi connectivity index (χ3v) is 7.46. The fourth-order valence-electron chi connectivity index (χ4n) is 5.75. The van der Waals surface area contributed by atoms with Gasteiger partial charge in [0.2, 0.25) is 11.8 Å². The predicted molar refractivity (Wildman–Crippen MR) is 127 cm³/mol. The van der Waals surface area contributed by atoms with Crippen molar-refractivity contribution in [2.75, 3.05) is 18.4 Å². The molecule has 1 N–H and O–H groups in total. The minimum Gasteiger partial charge on any atom is -0.326 e. The molecule has 1 saturated heterocycles. The standard InChI is InChI=1S/C27H27FN4O3/c1-16(2)11-23(31-10-9-17-7-8-18(28)12-20(17)24(31)33)25(34)32-15-27(13-19(32)14-29)21-5-3-4-6-22(21)30-26(27)35/h3-8,12,16,19,23H,9-11,13,15H2,1-2H3,(H,30,35)/t19?,23-,27-/m0/s1. The first kappa shape index (κ1) is 23.0. The first-order chi connectivity index (χ1) is 16.7. The van der Waals surface area contributed by atoms with Crippen LogP contribution in [0.15, 0.2) is 42.5 Å². The number of hydrogen-bond acceptors (Lipinski definition) is 4. The summed E-state index contributed by atoms with van der Waals surface area (Å²) in [6.45, 7) is 4.35. The lowest BCUT2D eigenvalue weighted by Crippen LogP contribution is -2.55. The van der Waals surface area contributed by atoms with E-state index in [0.717, 1.165) is 11.1 Å². The van der Waals surface area contributed by atoms with Crippen LogP contribution in [0.4, 0.5) is 10.1 Å². The topological polar surface area (TPSA) is 93.5 Å². The van der Waals surface area contributed by atoms with Gasteiger partial charge in [-0.05, 0) is 48.1 Å². The van der Waals surface area contributed by atoms with Crippen molar-refractivity contribution >= 4 is 23.4 Å². The fourth-order valence-corrected chi connectivity index (χ4v) is 5.75. The van der Waals surface area contributed by atoms with Gasteiger partial charge >= 0.3 is 0 Å². The number of rotatable bonds is 4. The molecule has 8 heteroatoms. The second-order valence-electron chi connectivity index (χ2n) is 10.1. The van der Waals surface area contributed by atoms with Crippen molar-refractivity contribution in [3.8, 4) is 6.07 Å². The Balaban J connectivity index is 1.49. The lowest BCUT2D eigenvalue weighted by Gasteiger charge is -2.38. The van der Waals surface area contributed by atoms with E-state index in [0.29, 0.717) is 25.1 Å². The van der Waals surface area contributed by atoms with Crippen molar-refractivity contribution in [2.45, 2.75) is 50.6 Å². The maximum absolute atomic E-state index is 14.0. The van der Waals surface area contributed by atoms with E-state index in [1.807, 2.05) is 38.1 Å². The Bertz CT molecular complexity index is 1270. The van der Waals surface area contributed by atoms with Crippen molar-refractivity contribution in [1.82, 2.24) is 9.80 Å². The summed E-state index contributed by atoms with van der Waals surface area (Å²) in [4.78, 5) is 43.5. The van der Waals surface area contributed by atoms with Gasteiger partial charge in [-0.15, -0.1) is 0 Å². The lowest BCUT2D eigenvalue weighted by atomic mass is 9.80. The molecule has 7 nitrogen and oxygen atoms in total. The van der Waals surface area contributed by atoms with Gasteiger partial charge in [0.05, 0.1) is 11.5 Å². The number of nitriles is 1. The van der Waals surface area contributed by atoms with E-state index in [-0.39, 0.29) is 42.2 Å². The van der Waals surface area contributed by atoms with Crippen LogP contribution in [0.3, 0.4) is 0 Å². The quantitative estimate of drug-likeness (QED) is 0.736.